The Morgan fingerprint density at radius 1 is 1.28 bits per heavy atom. The lowest BCUT2D eigenvalue weighted by molar-refractivity contribution is -0.394. The van der Waals surface area contributed by atoms with Crippen LogP contribution in [0.5, 0.6) is 5.75 Å². The Kier molecular flexibility index (Phi) is 6.63. The molecule has 0 aliphatic carbocycles. The number of carbonyl (C=O) groups is 1. The number of nitrogens with zero attached hydrogens (tertiary/aromatic N) is 5. The Bertz CT molecular complexity index is 1030. The number of aromatic nitrogens is 3. The fourth-order valence-corrected chi connectivity index (χ4v) is 2.53. The summed E-state index contributed by atoms with van der Waals surface area (Å²) in [4.78, 5) is 25.2. The number of hydrogen-bond acceptors (Lipinski definition) is 7. The first-order chi connectivity index (χ1) is 14.0. The molecule has 148 valence electrons. The van der Waals surface area contributed by atoms with Crippen molar-refractivity contribution in [1.29, 1.82) is 0 Å². The number of hydrogen-bond donors (Lipinski definition) is 1. The highest BCUT2D eigenvalue weighted by molar-refractivity contribution is 9.10. The van der Waals surface area contributed by atoms with Crippen molar-refractivity contribution < 1.29 is 14.5 Å². The molecule has 0 saturated carbocycles. The molecular weight excluding hydrogens is 444 g/mol. The van der Waals surface area contributed by atoms with Gasteiger partial charge in [-0.2, -0.15) is 9.78 Å². The highest BCUT2D eigenvalue weighted by Gasteiger charge is 2.14. The van der Waals surface area contributed by atoms with Crippen molar-refractivity contribution in [3.63, 3.8) is 0 Å². The molecule has 11 heteroatoms. The molecule has 0 bridgehead atoms. The van der Waals surface area contributed by atoms with E-state index in [2.05, 4.69) is 36.5 Å². The van der Waals surface area contributed by atoms with Crippen LogP contribution in [0, 0.1) is 10.1 Å². The quantitative estimate of drug-likeness (QED) is 0.314. The van der Waals surface area contributed by atoms with Crippen LogP contribution in [-0.4, -0.2) is 31.8 Å². The Morgan fingerprint density at radius 3 is 2.76 bits per heavy atom. The molecule has 1 amide bonds. The largest absolute Gasteiger partial charge is 0.490 e. The molecule has 29 heavy (non-hydrogen) atoms. The number of benzene rings is 2. The number of nitro groups is 1. The van der Waals surface area contributed by atoms with Crippen LogP contribution in [-0.2, 0) is 17.9 Å². The standard InChI is InChI=1S/C18H15BrN6O4/c19-15-7-5-13(6-8-15)11-29-16-4-2-1-3-14(16)9-21-22-17(26)10-24-12-20-18(23-24)25(27)28/h1-9,12H,10-11H2,(H,22,26)/b21-9-. The molecule has 10 nitrogen and oxygen atoms in total. The SMILES string of the molecule is O=C(Cn1cnc([N+](=O)[O-])n1)N/N=C\c1ccccc1OCc1ccc(Br)cc1. The van der Waals surface area contributed by atoms with Crippen molar-refractivity contribution >= 4 is 34.0 Å². The van der Waals surface area contributed by atoms with Crippen molar-refractivity contribution in [3.05, 3.63) is 80.6 Å². The summed E-state index contributed by atoms with van der Waals surface area (Å²) >= 11 is 3.39. The van der Waals surface area contributed by atoms with Crippen molar-refractivity contribution in [2.24, 2.45) is 5.10 Å². The molecule has 0 atom stereocenters. The van der Waals surface area contributed by atoms with Gasteiger partial charge >= 0.3 is 5.95 Å². The normalized spacial score (nSPS) is 10.8. The van der Waals surface area contributed by atoms with E-state index in [-0.39, 0.29) is 6.54 Å². The van der Waals surface area contributed by atoms with E-state index in [1.54, 1.807) is 12.1 Å². The highest BCUT2D eigenvalue weighted by atomic mass is 79.9. The maximum Gasteiger partial charge on any atom is 0.490 e. The zero-order valence-electron chi connectivity index (χ0n) is 14.9. The maximum absolute atomic E-state index is 11.9. The molecule has 3 rings (SSSR count). The fourth-order valence-electron chi connectivity index (χ4n) is 2.26. The van der Waals surface area contributed by atoms with Gasteiger partial charge in [-0.1, -0.05) is 45.2 Å². The minimum absolute atomic E-state index is 0.250. The maximum atomic E-state index is 11.9. The molecule has 0 saturated heterocycles. The number of hydrazone groups is 1. The third-order valence-electron chi connectivity index (χ3n) is 3.61. The Morgan fingerprint density at radius 2 is 2.03 bits per heavy atom. The first-order valence-corrected chi connectivity index (χ1v) is 9.12. The van der Waals surface area contributed by atoms with Gasteiger partial charge in [0.15, 0.2) is 0 Å². The van der Waals surface area contributed by atoms with Gasteiger partial charge < -0.3 is 14.9 Å². The molecule has 3 aromatic rings. The Labute approximate surface area is 173 Å². The molecule has 0 fully saturated rings. The van der Waals surface area contributed by atoms with Crippen molar-refractivity contribution in [3.8, 4) is 5.75 Å². The van der Waals surface area contributed by atoms with E-state index in [9.17, 15) is 14.9 Å². The van der Waals surface area contributed by atoms with Crippen LogP contribution in [0.1, 0.15) is 11.1 Å². The molecule has 1 N–H and O–H groups in total. The fraction of sp³-hybridized carbons (Fsp3) is 0.111. The second-order valence-electron chi connectivity index (χ2n) is 5.75. The van der Waals surface area contributed by atoms with Crippen LogP contribution in [0.15, 0.2) is 64.4 Å². The van der Waals surface area contributed by atoms with E-state index in [0.717, 1.165) is 21.0 Å². The van der Waals surface area contributed by atoms with Crippen molar-refractivity contribution in [1.82, 2.24) is 20.2 Å². The lowest BCUT2D eigenvalue weighted by Gasteiger charge is -2.09. The predicted octanol–water partition coefficient (Wildman–Crippen LogP) is 2.68. The lowest BCUT2D eigenvalue weighted by Crippen LogP contribution is -2.23. The van der Waals surface area contributed by atoms with Gasteiger partial charge in [-0.25, -0.2) is 5.43 Å². The van der Waals surface area contributed by atoms with Gasteiger partial charge in [0.1, 0.15) is 18.9 Å². The molecule has 1 aromatic heterocycles. The molecule has 0 aliphatic heterocycles. The highest BCUT2D eigenvalue weighted by Crippen LogP contribution is 2.18. The summed E-state index contributed by atoms with van der Waals surface area (Å²) in [6.45, 7) is 0.134. The van der Waals surface area contributed by atoms with Gasteiger partial charge in [0.05, 0.1) is 6.21 Å². The van der Waals surface area contributed by atoms with Gasteiger partial charge in [0.2, 0.25) is 6.33 Å². The topological polar surface area (TPSA) is 125 Å². The molecule has 0 radical (unpaired) electrons. The van der Waals surface area contributed by atoms with E-state index in [0.29, 0.717) is 17.9 Å². The number of halogens is 1. The number of amides is 1. The second kappa shape index (κ2) is 9.55. The van der Waals surface area contributed by atoms with Gasteiger partial charge in [0.25, 0.3) is 5.91 Å². The zero-order valence-corrected chi connectivity index (χ0v) is 16.5. The van der Waals surface area contributed by atoms with Crippen molar-refractivity contribution in [2.75, 3.05) is 0 Å². The third kappa shape index (κ3) is 5.94. The summed E-state index contributed by atoms with van der Waals surface area (Å²) in [5.41, 5.74) is 4.03. The average Bonchev–Trinajstić information content (AvgIpc) is 3.17. The monoisotopic (exact) mass is 458 g/mol. The van der Waals surface area contributed by atoms with Crippen molar-refractivity contribution in [2.45, 2.75) is 13.2 Å². The van der Waals surface area contributed by atoms with Crippen LogP contribution in [0.25, 0.3) is 0 Å². The summed E-state index contributed by atoms with van der Waals surface area (Å²) in [6, 6.07) is 15.0. The molecule has 0 spiro atoms. The smallest absolute Gasteiger partial charge is 0.488 e. The van der Waals surface area contributed by atoms with E-state index in [1.165, 1.54) is 6.21 Å². The van der Waals surface area contributed by atoms with Crippen LogP contribution in [0.4, 0.5) is 5.95 Å². The zero-order chi connectivity index (χ0) is 20.6. The molecule has 0 aliphatic rings. The van der Waals surface area contributed by atoms with Crippen LogP contribution < -0.4 is 10.2 Å². The lowest BCUT2D eigenvalue weighted by atomic mass is 10.2. The molecule has 2 aromatic carbocycles. The number of rotatable bonds is 8. The molecule has 0 unspecified atom stereocenters. The predicted molar refractivity (Wildman–Crippen MR) is 107 cm³/mol. The Hall–Kier alpha value is -3.60. The first kappa shape index (κ1) is 20.1. The summed E-state index contributed by atoms with van der Waals surface area (Å²) in [7, 11) is 0. The average molecular weight is 459 g/mol. The van der Waals surface area contributed by atoms with Gasteiger partial charge in [0, 0.05) is 15.1 Å². The van der Waals surface area contributed by atoms with Gasteiger partial charge in [-0.05, 0) is 34.8 Å². The summed E-state index contributed by atoms with van der Waals surface area (Å²) in [5.74, 6) is -0.465. The summed E-state index contributed by atoms with van der Waals surface area (Å²) < 4.78 is 7.88. The van der Waals surface area contributed by atoms with Crippen LogP contribution >= 0.6 is 15.9 Å². The van der Waals surface area contributed by atoms with Crippen LogP contribution in [0.3, 0.4) is 0 Å². The van der Waals surface area contributed by atoms with E-state index < -0.39 is 16.8 Å². The number of nitrogens with one attached hydrogen (secondary N) is 1. The second-order valence-corrected chi connectivity index (χ2v) is 6.66. The first-order valence-electron chi connectivity index (χ1n) is 8.33. The molecule has 1 heterocycles. The van der Waals surface area contributed by atoms with Gasteiger partial charge in [-0.15, -0.1) is 0 Å². The minimum Gasteiger partial charge on any atom is -0.488 e. The summed E-state index contributed by atoms with van der Waals surface area (Å²) in [5, 5.41) is 18.0. The van der Waals surface area contributed by atoms with E-state index >= 15 is 0 Å². The number of ether oxygens (including phenoxy) is 1. The minimum atomic E-state index is -0.738. The molecular formula is C18H15BrN6O4. The van der Waals surface area contributed by atoms with Crippen LogP contribution in [0.2, 0.25) is 0 Å². The van der Waals surface area contributed by atoms with E-state index in [4.69, 9.17) is 4.74 Å². The van der Waals surface area contributed by atoms with E-state index in [1.807, 2.05) is 36.4 Å². The number of carbonyl (C=O) groups excluding carboxylic acids is 1. The summed E-state index contributed by atoms with van der Waals surface area (Å²) in [6.07, 6.45) is 2.56. The number of para-hydroxylation sites is 1. The van der Waals surface area contributed by atoms with Gasteiger partial charge in [-0.3, -0.25) is 4.79 Å². The third-order valence-corrected chi connectivity index (χ3v) is 4.14. The Balaban J connectivity index is 1.56.